The molecule has 6 nitrogen and oxygen atoms in total. The van der Waals surface area contributed by atoms with Crippen LogP contribution in [-0.2, 0) is 11.3 Å². The molecule has 1 aromatic carbocycles. The molecule has 0 fully saturated rings. The van der Waals surface area contributed by atoms with Gasteiger partial charge in [0.05, 0.1) is 6.04 Å². The van der Waals surface area contributed by atoms with Gasteiger partial charge in [-0.2, -0.15) is 0 Å². The van der Waals surface area contributed by atoms with E-state index < -0.39 is 18.0 Å². The monoisotopic (exact) mass is 254 g/mol. The minimum absolute atomic E-state index is 0.150. The number of nitrogens with one attached hydrogen (secondary N) is 3. The topological polar surface area (TPSA) is 96.2 Å². The van der Waals surface area contributed by atoms with E-state index in [-0.39, 0.29) is 12.4 Å². The second-order valence-corrected chi connectivity index (χ2v) is 3.72. The van der Waals surface area contributed by atoms with E-state index in [0.29, 0.717) is 5.56 Å². The number of rotatable bonds is 3. The first-order chi connectivity index (χ1) is 8.49. The first-order valence-corrected chi connectivity index (χ1v) is 5.33. The average Bonchev–Trinajstić information content (AvgIpc) is 2.33. The Kier molecular flexibility index (Phi) is 5.06. The summed E-state index contributed by atoms with van der Waals surface area (Å²) in [5, 5.41) is 2.45. The minimum Gasteiger partial charge on any atom is -0.333 e. The van der Waals surface area contributed by atoms with Gasteiger partial charge in [-0.05, 0) is 24.6 Å². The van der Waals surface area contributed by atoms with Gasteiger partial charge in [-0.25, -0.2) is 14.6 Å². The van der Waals surface area contributed by atoms with Crippen molar-refractivity contribution in [3.8, 4) is 0 Å². The lowest BCUT2D eigenvalue weighted by atomic mass is 10.2. The van der Waals surface area contributed by atoms with Gasteiger partial charge in [0.25, 0.3) is 5.91 Å². The van der Waals surface area contributed by atoms with Crippen molar-refractivity contribution in [2.75, 3.05) is 0 Å². The molecule has 98 valence electrons. The van der Waals surface area contributed by atoms with Crippen LogP contribution in [0.15, 0.2) is 24.3 Å². The third-order valence-electron chi connectivity index (χ3n) is 2.05. The van der Waals surface area contributed by atoms with Crippen LogP contribution in [0.5, 0.6) is 0 Å². The van der Waals surface area contributed by atoms with E-state index >= 15 is 0 Å². The number of carbonyl (C=O) groups excluding carboxylic acids is 2. The summed E-state index contributed by atoms with van der Waals surface area (Å²) in [4.78, 5) is 22.3. The number of carbonyl (C=O) groups is 2. The Hall–Kier alpha value is -2.15. The lowest BCUT2D eigenvalue weighted by Gasteiger charge is -2.10. The lowest BCUT2D eigenvalue weighted by molar-refractivity contribution is -0.122. The van der Waals surface area contributed by atoms with Crippen molar-refractivity contribution in [2.45, 2.75) is 19.5 Å². The summed E-state index contributed by atoms with van der Waals surface area (Å²) in [7, 11) is 0. The van der Waals surface area contributed by atoms with E-state index in [1.54, 1.807) is 12.1 Å². The maximum atomic E-state index is 12.8. The Morgan fingerprint density at radius 2 is 2.11 bits per heavy atom. The molecule has 0 aromatic heterocycles. The predicted octanol–water partition coefficient (Wildman–Crippen LogP) is 0.00330. The van der Waals surface area contributed by atoms with Gasteiger partial charge in [-0.3, -0.25) is 10.2 Å². The number of benzene rings is 1. The third kappa shape index (κ3) is 4.79. The summed E-state index contributed by atoms with van der Waals surface area (Å²) < 4.78 is 12.8. The molecule has 0 spiro atoms. The Labute approximate surface area is 104 Å². The minimum atomic E-state index is -0.714. The second kappa shape index (κ2) is 6.55. The van der Waals surface area contributed by atoms with E-state index in [0.717, 1.165) is 0 Å². The standard InChI is InChI=1S/C11H15FN4O2/c1-7(13)10(17)15-16-11(18)14-6-8-3-2-4-9(12)5-8/h2-5,7H,6,13H2,1H3,(H,15,17)(H2,14,16,18). The first kappa shape index (κ1) is 13.9. The molecular formula is C11H15FN4O2. The zero-order valence-corrected chi connectivity index (χ0v) is 9.87. The van der Waals surface area contributed by atoms with Crippen molar-refractivity contribution >= 4 is 11.9 Å². The molecule has 1 rings (SSSR count). The van der Waals surface area contributed by atoms with E-state index in [1.807, 2.05) is 0 Å². The van der Waals surface area contributed by atoms with Gasteiger partial charge in [0.2, 0.25) is 0 Å². The molecule has 18 heavy (non-hydrogen) atoms. The van der Waals surface area contributed by atoms with Crippen LogP contribution < -0.4 is 21.9 Å². The summed E-state index contributed by atoms with van der Waals surface area (Å²) in [5.41, 5.74) is 10.1. The van der Waals surface area contributed by atoms with Gasteiger partial charge in [0.1, 0.15) is 5.82 Å². The van der Waals surface area contributed by atoms with Gasteiger partial charge >= 0.3 is 6.03 Å². The molecule has 0 heterocycles. The van der Waals surface area contributed by atoms with Gasteiger partial charge in [0.15, 0.2) is 0 Å². The van der Waals surface area contributed by atoms with Crippen LogP contribution in [0.1, 0.15) is 12.5 Å². The fraction of sp³-hybridized carbons (Fsp3) is 0.273. The Balaban J connectivity index is 2.31. The molecule has 0 radical (unpaired) electrons. The maximum absolute atomic E-state index is 12.8. The zero-order chi connectivity index (χ0) is 13.5. The van der Waals surface area contributed by atoms with E-state index in [9.17, 15) is 14.0 Å². The fourth-order valence-corrected chi connectivity index (χ4v) is 1.11. The maximum Gasteiger partial charge on any atom is 0.333 e. The first-order valence-electron chi connectivity index (χ1n) is 5.33. The highest BCUT2D eigenvalue weighted by atomic mass is 19.1. The molecule has 1 atom stereocenters. The average molecular weight is 254 g/mol. The Bertz CT molecular complexity index is 437. The molecule has 3 amide bonds. The van der Waals surface area contributed by atoms with E-state index in [1.165, 1.54) is 19.1 Å². The van der Waals surface area contributed by atoms with Gasteiger partial charge in [0, 0.05) is 6.54 Å². The molecule has 1 aromatic rings. The summed E-state index contributed by atoms with van der Waals surface area (Å²) in [6.07, 6.45) is 0. The molecule has 0 aliphatic heterocycles. The number of hydrogen-bond acceptors (Lipinski definition) is 3. The highest BCUT2D eigenvalue weighted by Gasteiger charge is 2.07. The zero-order valence-electron chi connectivity index (χ0n) is 9.87. The summed E-state index contributed by atoms with van der Waals surface area (Å²) in [6, 6.07) is 4.51. The van der Waals surface area contributed by atoms with Crippen LogP contribution in [0.25, 0.3) is 0 Å². The lowest BCUT2D eigenvalue weighted by Crippen LogP contribution is -2.51. The predicted molar refractivity (Wildman–Crippen MR) is 63.6 cm³/mol. The van der Waals surface area contributed by atoms with Crippen molar-refractivity contribution in [1.29, 1.82) is 0 Å². The largest absolute Gasteiger partial charge is 0.333 e. The van der Waals surface area contributed by atoms with Crippen LogP contribution in [0.4, 0.5) is 9.18 Å². The molecule has 0 bridgehead atoms. The summed E-state index contributed by atoms with van der Waals surface area (Å²) >= 11 is 0. The molecule has 0 aliphatic carbocycles. The van der Waals surface area contributed by atoms with E-state index in [4.69, 9.17) is 5.73 Å². The molecule has 5 N–H and O–H groups in total. The van der Waals surface area contributed by atoms with Crippen molar-refractivity contribution < 1.29 is 14.0 Å². The third-order valence-corrected chi connectivity index (χ3v) is 2.05. The van der Waals surface area contributed by atoms with Crippen molar-refractivity contribution in [1.82, 2.24) is 16.2 Å². The van der Waals surface area contributed by atoms with E-state index in [2.05, 4.69) is 16.2 Å². The highest BCUT2D eigenvalue weighted by Crippen LogP contribution is 2.02. The molecule has 7 heteroatoms. The van der Waals surface area contributed by atoms with Crippen LogP contribution in [0.2, 0.25) is 0 Å². The number of urea groups is 1. The van der Waals surface area contributed by atoms with Crippen LogP contribution >= 0.6 is 0 Å². The molecule has 0 saturated heterocycles. The number of hydrazine groups is 1. The summed E-state index contributed by atoms with van der Waals surface area (Å²) in [6.45, 7) is 1.64. The number of halogens is 1. The van der Waals surface area contributed by atoms with Gasteiger partial charge in [-0.15, -0.1) is 0 Å². The second-order valence-electron chi connectivity index (χ2n) is 3.72. The number of amides is 3. The van der Waals surface area contributed by atoms with Crippen molar-refractivity contribution in [3.63, 3.8) is 0 Å². The summed E-state index contributed by atoms with van der Waals surface area (Å²) in [5.74, 6) is -0.879. The van der Waals surface area contributed by atoms with Gasteiger partial charge in [-0.1, -0.05) is 12.1 Å². The Morgan fingerprint density at radius 1 is 1.39 bits per heavy atom. The fourth-order valence-electron chi connectivity index (χ4n) is 1.11. The molecule has 0 aliphatic rings. The highest BCUT2D eigenvalue weighted by molar-refractivity contribution is 5.84. The Morgan fingerprint density at radius 3 is 2.72 bits per heavy atom. The molecular weight excluding hydrogens is 239 g/mol. The SMILES string of the molecule is CC(N)C(=O)NNC(=O)NCc1cccc(F)c1. The van der Waals surface area contributed by atoms with Crippen molar-refractivity contribution in [3.05, 3.63) is 35.6 Å². The van der Waals surface area contributed by atoms with Crippen LogP contribution in [-0.4, -0.2) is 18.0 Å². The quantitative estimate of drug-likeness (QED) is 0.572. The number of hydrogen-bond donors (Lipinski definition) is 4. The number of nitrogens with two attached hydrogens (primary N) is 1. The van der Waals surface area contributed by atoms with Gasteiger partial charge < -0.3 is 11.1 Å². The molecule has 1 unspecified atom stereocenters. The normalized spacial score (nSPS) is 11.5. The van der Waals surface area contributed by atoms with Crippen LogP contribution in [0, 0.1) is 5.82 Å². The van der Waals surface area contributed by atoms with Crippen LogP contribution in [0.3, 0.4) is 0 Å². The molecule has 0 saturated carbocycles. The smallest absolute Gasteiger partial charge is 0.333 e. The van der Waals surface area contributed by atoms with Crippen molar-refractivity contribution in [2.24, 2.45) is 5.73 Å².